The predicted octanol–water partition coefficient (Wildman–Crippen LogP) is 4.66. The minimum atomic E-state index is 0.317. The zero-order valence-corrected chi connectivity index (χ0v) is 14.4. The smallest absolute Gasteiger partial charge is 0.133 e. The third kappa shape index (κ3) is 4.58. The molecule has 0 aliphatic rings. The first kappa shape index (κ1) is 16.1. The van der Waals surface area contributed by atoms with Crippen molar-refractivity contribution >= 4 is 15.9 Å². The fourth-order valence-electron chi connectivity index (χ4n) is 2.37. The first-order valence-electron chi connectivity index (χ1n) is 7.22. The van der Waals surface area contributed by atoms with E-state index < -0.39 is 0 Å². The maximum Gasteiger partial charge on any atom is 0.133 e. The van der Waals surface area contributed by atoms with Gasteiger partial charge in [-0.1, -0.05) is 35.9 Å². The van der Waals surface area contributed by atoms with Crippen molar-refractivity contribution < 1.29 is 4.74 Å². The molecule has 112 valence electrons. The fraction of sp³-hybridized carbons (Fsp3) is 0.333. The quantitative estimate of drug-likeness (QED) is 0.820. The lowest BCUT2D eigenvalue weighted by atomic mass is 10.1. The molecule has 2 aromatic carbocycles. The van der Waals surface area contributed by atoms with Crippen molar-refractivity contribution in [3.63, 3.8) is 0 Å². The van der Waals surface area contributed by atoms with E-state index in [0.29, 0.717) is 6.04 Å². The Morgan fingerprint density at radius 3 is 2.67 bits per heavy atom. The van der Waals surface area contributed by atoms with Gasteiger partial charge in [-0.25, -0.2) is 0 Å². The van der Waals surface area contributed by atoms with Crippen molar-refractivity contribution in [3.8, 4) is 5.75 Å². The first-order chi connectivity index (χ1) is 10.1. The lowest BCUT2D eigenvalue weighted by Crippen LogP contribution is -2.21. The van der Waals surface area contributed by atoms with E-state index in [4.69, 9.17) is 4.74 Å². The number of benzene rings is 2. The third-order valence-electron chi connectivity index (χ3n) is 3.62. The van der Waals surface area contributed by atoms with E-state index in [9.17, 15) is 0 Å². The molecule has 0 bridgehead atoms. The number of methoxy groups -OCH3 is 1. The van der Waals surface area contributed by atoms with Crippen LogP contribution in [0, 0.1) is 6.92 Å². The molecule has 21 heavy (non-hydrogen) atoms. The van der Waals surface area contributed by atoms with Crippen molar-refractivity contribution in [2.24, 2.45) is 0 Å². The number of hydrogen-bond donors (Lipinski definition) is 1. The van der Waals surface area contributed by atoms with Crippen LogP contribution in [0.25, 0.3) is 0 Å². The molecule has 2 aromatic rings. The van der Waals surface area contributed by atoms with Gasteiger partial charge in [0.05, 0.1) is 11.6 Å². The van der Waals surface area contributed by atoms with E-state index in [-0.39, 0.29) is 0 Å². The maximum absolute atomic E-state index is 5.26. The minimum absolute atomic E-state index is 0.317. The topological polar surface area (TPSA) is 21.3 Å². The summed E-state index contributed by atoms with van der Waals surface area (Å²) in [4.78, 5) is 0. The summed E-state index contributed by atoms with van der Waals surface area (Å²) < 4.78 is 6.26. The van der Waals surface area contributed by atoms with Crippen LogP contribution in [0.15, 0.2) is 46.9 Å². The number of aryl methyl sites for hydroxylation is 1. The van der Waals surface area contributed by atoms with Crippen LogP contribution in [0.2, 0.25) is 0 Å². The van der Waals surface area contributed by atoms with Gasteiger partial charge < -0.3 is 10.1 Å². The van der Waals surface area contributed by atoms with E-state index in [1.54, 1.807) is 7.11 Å². The second-order valence-corrected chi connectivity index (χ2v) is 6.16. The summed E-state index contributed by atoms with van der Waals surface area (Å²) in [5, 5.41) is 3.57. The molecule has 0 fully saturated rings. The van der Waals surface area contributed by atoms with E-state index in [2.05, 4.69) is 71.5 Å². The molecule has 0 saturated carbocycles. The maximum atomic E-state index is 5.26. The number of ether oxygens (including phenoxy) is 1. The molecule has 3 heteroatoms. The van der Waals surface area contributed by atoms with Crippen LogP contribution in [0.3, 0.4) is 0 Å². The van der Waals surface area contributed by atoms with E-state index in [1.807, 2.05) is 6.07 Å². The monoisotopic (exact) mass is 347 g/mol. The molecule has 2 nitrogen and oxygen atoms in total. The summed E-state index contributed by atoms with van der Waals surface area (Å²) in [6.45, 7) is 5.28. The Labute approximate surface area is 135 Å². The Morgan fingerprint density at radius 1 is 1.19 bits per heavy atom. The summed E-state index contributed by atoms with van der Waals surface area (Å²) in [7, 11) is 1.68. The lowest BCUT2D eigenvalue weighted by molar-refractivity contribution is 0.411. The Bertz CT molecular complexity index is 598. The molecule has 0 radical (unpaired) electrons. The van der Waals surface area contributed by atoms with E-state index in [0.717, 1.165) is 23.2 Å². The summed E-state index contributed by atoms with van der Waals surface area (Å²) in [5.74, 6) is 0.866. The molecule has 0 aliphatic heterocycles. The van der Waals surface area contributed by atoms with Crippen LogP contribution in [0.5, 0.6) is 5.75 Å². The summed E-state index contributed by atoms with van der Waals surface area (Å²) in [6, 6.07) is 15.2. The van der Waals surface area contributed by atoms with Crippen LogP contribution in [-0.4, -0.2) is 13.7 Å². The molecule has 1 atom stereocenters. The van der Waals surface area contributed by atoms with Crippen LogP contribution in [0.1, 0.15) is 29.7 Å². The molecule has 0 aliphatic carbocycles. The second kappa shape index (κ2) is 7.62. The van der Waals surface area contributed by atoms with Gasteiger partial charge >= 0.3 is 0 Å². The Kier molecular flexibility index (Phi) is 5.83. The molecular formula is C18H22BrNO. The lowest BCUT2D eigenvalue weighted by Gasteiger charge is -2.15. The van der Waals surface area contributed by atoms with Crippen molar-refractivity contribution in [2.75, 3.05) is 13.7 Å². The molecule has 1 N–H and O–H groups in total. The van der Waals surface area contributed by atoms with Gasteiger partial charge in [0.2, 0.25) is 0 Å². The normalized spacial score (nSPS) is 12.2. The average molecular weight is 348 g/mol. The van der Waals surface area contributed by atoms with E-state index >= 15 is 0 Å². The number of hydrogen-bond acceptors (Lipinski definition) is 2. The van der Waals surface area contributed by atoms with Gasteiger partial charge in [0.1, 0.15) is 5.75 Å². The van der Waals surface area contributed by atoms with Crippen molar-refractivity contribution in [3.05, 3.63) is 63.6 Å². The highest BCUT2D eigenvalue weighted by Gasteiger charge is 2.07. The molecule has 0 saturated heterocycles. The van der Waals surface area contributed by atoms with Gasteiger partial charge in [0.15, 0.2) is 0 Å². The second-order valence-electron chi connectivity index (χ2n) is 5.31. The highest BCUT2D eigenvalue weighted by molar-refractivity contribution is 9.10. The van der Waals surface area contributed by atoms with Crippen LogP contribution >= 0.6 is 15.9 Å². The molecule has 0 aromatic heterocycles. The van der Waals surface area contributed by atoms with Gasteiger partial charge in [0, 0.05) is 6.04 Å². The number of nitrogens with one attached hydrogen (secondary N) is 1. The van der Waals surface area contributed by atoms with Gasteiger partial charge in [-0.2, -0.15) is 0 Å². The zero-order chi connectivity index (χ0) is 15.2. The molecule has 0 amide bonds. The molecule has 1 unspecified atom stereocenters. The van der Waals surface area contributed by atoms with Crippen LogP contribution < -0.4 is 10.1 Å². The Balaban J connectivity index is 1.89. The Hall–Kier alpha value is -1.32. The summed E-state index contributed by atoms with van der Waals surface area (Å²) in [5.41, 5.74) is 3.96. The highest BCUT2D eigenvalue weighted by atomic mass is 79.9. The third-order valence-corrected chi connectivity index (χ3v) is 4.24. The highest BCUT2D eigenvalue weighted by Crippen LogP contribution is 2.27. The minimum Gasteiger partial charge on any atom is -0.496 e. The molecule has 2 rings (SSSR count). The van der Waals surface area contributed by atoms with Crippen LogP contribution in [0.4, 0.5) is 0 Å². The average Bonchev–Trinajstić information content (AvgIpc) is 2.47. The first-order valence-corrected chi connectivity index (χ1v) is 8.02. The predicted molar refractivity (Wildman–Crippen MR) is 92.0 cm³/mol. The Morgan fingerprint density at radius 2 is 2.00 bits per heavy atom. The summed E-state index contributed by atoms with van der Waals surface area (Å²) in [6.07, 6.45) is 1.04. The van der Waals surface area contributed by atoms with Gasteiger partial charge in [-0.3, -0.25) is 0 Å². The molecular weight excluding hydrogens is 326 g/mol. The van der Waals surface area contributed by atoms with Gasteiger partial charge in [0.25, 0.3) is 0 Å². The molecule has 0 heterocycles. The largest absolute Gasteiger partial charge is 0.496 e. The van der Waals surface area contributed by atoms with Gasteiger partial charge in [-0.15, -0.1) is 0 Å². The van der Waals surface area contributed by atoms with Crippen LogP contribution in [-0.2, 0) is 6.42 Å². The number of halogens is 1. The van der Waals surface area contributed by atoms with Crippen molar-refractivity contribution in [1.82, 2.24) is 5.32 Å². The summed E-state index contributed by atoms with van der Waals surface area (Å²) >= 11 is 3.54. The van der Waals surface area contributed by atoms with Crippen molar-refractivity contribution in [1.29, 1.82) is 0 Å². The zero-order valence-electron chi connectivity index (χ0n) is 12.8. The van der Waals surface area contributed by atoms with Crippen molar-refractivity contribution in [2.45, 2.75) is 26.3 Å². The fourth-order valence-corrected chi connectivity index (χ4v) is 2.93. The molecule has 0 spiro atoms. The number of rotatable bonds is 6. The standard InChI is InChI=1S/C18H22BrNO/c1-13-5-4-6-15(11-13)9-10-20-14(2)16-7-8-18(21-3)17(19)12-16/h4-8,11-12,14,20H,9-10H2,1-3H3. The van der Waals surface area contributed by atoms with E-state index in [1.165, 1.54) is 16.7 Å². The SMILES string of the molecule is COc1ccc(C(C)NCCc2cccc(C)c2)cc1Br. The van der Waals surface area contributed by atoms with Gasteiger partial charge in [-0.05, 0) is 66.0 Å².